The van der Waals surface area contributed by atoms with Crippen LogP contribution in [-0.2, 0) is 0 Å². The maximum atomic E-state index is 14.3. The van der Waals surface area contributed by atoms with Gasteiger partial charge in [0.05, 0.1) is 5.56 Å². The molecule has 20 heavy (non-hydrogen) atoms. The predicted octanol–water partition coefficient (Wildman–Crippen LogP) is 4.42. The first-order valence-electron chi connectivity index (χ1n) is 6.43. The van der Waals surface area contributed by atoms with Gasteiger partial charge >= 0.3 is 5.97 Å². The Morgan fingerprint density at radius 1 is 1.00 bits per heavy atom. The first-order chi connectivity index (χ1) is 9.32. The van der Waals surface area contributed by atoms with E-state index in [0.717, 1.165) is 33.9 Å². The number of carbonyl (C=O) groups is 1. The average Bonchev–Trinajstić information content (AvgIpc) is 2.38. The van der Waals surface area contributed by atoms with Crippen molar-refractivity contribution < 1.29 is 14.3 Å². The largest absolute Gasteiger partial charge is 0.478 e. The van der Waals surface area contributed by atoms with Crippen LogP contribution < -0.4 is 0 Å². The fourth-order valence-electron chi connectivity index (χ4n) is 2.47. The maximum absolute atomic E-state index is 14.3. The molecular weight excluding hydrogens is 255 g/mol. The predicted molar refractivity (Wildman–Crippen MR) is 77.7 cm³/mol. The molecule has 2 nitrogen and oxygen atoms in total. The highest BCUT2D eigenvalue weighted by atomic mass is 19.1. The summed E-state index contributed by atoms with van der Waals surface area (Å²) in [6, 6.07) is 6.15. The third-order valence-corrected chi connectivity index (χ3v) is 3.85. The smallest absolute Gasteiger partial charge is 0.335 e. The molecule has 3 heteroatoms. The fraction of sp³-hybridized carbons (Fsp3) is 0.235. The van der Waals surface area contributed by atoms with Crippen molar-refractivity contribution in [1.82, 2.24) is 0 Å². The summed E-state index contributed by atoms with van der Waals surface area (Å²) in [7, 11) is 0. The van der Waals surface area contributed by atoms with Gasteiger partial charge in [-0.1, -0.05) is 12.1 Å². The molecule has 0 saturated carbocycles. The second-order valence-electron chi connectivity index (χ2n) is 5.14. The van der Waals surface area contributed by atoms with E-state index in [1.54, 1.807) is 6.07 Å². The van der Waals surface area contributed by atoms with Crippen LogP contribution in [0, 0.1) is 33.5 Å². The number of aromatic carboxylic acids is 1. The van der Waals surface area contributed by atoms with Crippen molar-refractivity contribution >= 4 is 5.97 Å². The van der Waals surface area contributed by atoms with Gasteiger partial charge < -0.3 is 5.11 Å². The summed E-state index contributed by atoms with van der Waals surface area (Å²) < 4.78 is 14.3. The van der Waals surface area contributed by atoms with E-state index in [-0.39, 0.29) is 5.56 Å². The Morgan fingerprint density at radius 2 is 1.55 bits per heavy atom. The van der Waals surface area contributed by atoms with Gasteiger partial charge in [-0.3, -0.25) is 0 Å². The summed E-state index contributed by atoms with van der Waals surface area (Å²) in [4.78, 5) is 10.9. The van der Waals surface area contributed by atoms with Crippen LogP contribution in [0.3, 0.4) is 0 Å². The molecule has 0 aliphatic rings. The van der Waals surface area contributed by atoms with E-state index >= 15 is 0 Å². The molecule has 0 radical (unpaired) electrons. The van der Waals surface area contributed by atoms with Gasteiger partial charge in [0.2, 0.25) is 0 Å². The third kappa shape index (κ3) is 2.31. The van der Waals surface area contributed by atoms with Crippen molar-refractivity contribution in [1.29, 1.82) is 0 Å². The molecule has 1 N–H and O–H groups in total. The van der Waals surface area contributed by atoms with Crippen molar-refractivity contribution in [2.45, 2.75) is 27.7 Å². The zero-order valence-corrected chi connectivity index (χ0v) is 12.0. The fourth-order valence-corrected chi connectivity index (χ4v) is 2.47. The van der Waals surface area contributed by atoms with Crippen LogP contribution in [0.4, 0.5) is 4.39 Å². The molecule has 0 saturated heterocycles. The van der Waals surface area contributed by atoms with Gasteiger partial charge in [0.25, 0.3) is 0 Å². The van der Waals surface area contributed by atoms with E-state index in [9.17, 15) is 9.18 Å². The van der Waals surface area contributed by atoms with Crippen molar-refractivity contribution in [3.05, 3.63) is 57.9 Å². The highest BCUT2D eigenvalue weighted by Crippen LogP contribution is 2.33. The normalized spacial score (nSPS) is 10.7. The Hall–Kier alpha value is -2.16. The van der Waals surface area contributed by atoms with Crippen molar-refractivity contribution in [2.75, 3.05) is 0 Å². The standard InChI is InChI=1S/C17H17FO2/c1-9-7-10(2)12(4)16(11(9)3)14-6-5-13(17(19)20)8-15(14)18/h5-8H,1-4H3,(H,19,20). The molecule has 0 aliphatic heterocycles. The minimum atomic E-state index is -1.12. The molecule has 0 aliphatic carbocycles. The van der Waals surface area contributed by atoms with Crippen LogP contribution in [0.5, 0.6) is 0 Å². The van der Waals surface area contributed by atoms with E-state index in [2.05, 4.69) is 6.07 Å². The molecule has 2 aromatic carbocycles. The molecule has 0 atom stereocenters. The van der Waals surface area contributed by atoms with Gasteiger partial charge in [0, 0.05) is 5.56 Å². The molecule has 0 fully saturated rings. The number of rotatable bonds is 2. The van der Waals surface area contributed by atoms with Gasteiger partial charge in [0.1, 0.15) is 5.82 Å². The first-order valence-corrected chi connectivity index (χ1v) is 6.43. The lowest BCUT2D eigenvalue weighted by Crippen LogP contribution is -2.00. The zero-order chi connectivity index (χ0) is 15.0. The number of hydrogen-bond acceptors (Lipinski definition) is 1. The molecule has 0 amide bonds. The van der Waals surface area contributed by atoms with Gasteiger partial charge in [-0.05, 0) is 67.6 Å². The molecule has 104 valence electrons. The lowest BCUT2D eigenvalue weighted by Gasteiger charge is -2.16. The van der Waals surface area contributed by atoms with Gasteiger partial charge in [-0.25, -0.2) is 9.18 Å². The Kier molecular flexibility index (Phi) is 3.62. The van der Waals surface area contributed by atoms with E-state index in [0.29, 0.717) is 5.56 Å². The van der Waals surface area contributed by atoms with E-state index in [1.165, 1.54) is 6.07 Å². The molecule has 0 bridgehead atoms. The number of carboxylic acids is 1. The summed E-state index contributed by atoms with van der Waals surface area (Å²) in [5.41, 5.74) is 5.53. The first kappa shape index (κ1) is 14.3. The highest BCUT2D eigenvalue weighted by molar-refractivity contribution is 5.88. The Labute approximate surface area is 117 Å². The van der Waals surface area contributed by atoms with Crippen molar-refractivity contribution in [2.24, 2.45) is 0 Å². The third-order valence-electron chi connectivity index (χ3n) is 3.85. The Bertz CT molecular complexity index is 676. The van der Waals surface area contributed by atoms with E-state index in [1.807, 2.05) is 27.7 Å². The Morgan fingerprint density at radius 3 is 2.00 bits per heavy atom. The molecular formula is C17H17FO2. The second-order valence-corrected chi connectivity index (χ2v) is 5.14. The van der Waals surface area contributed by atoms with Crippen LogP contribution in [0.1, 0.15) is 32.6 Å². The lowest BCUT2D eigenvalue weighted by atomic mass is 9.89. The topological polar surface area (TPSA) is 37.3 Å². The number of hydrogen-bond donors (Lipinski definition) is 1. The van der Waals surface area contributed by atoms with Crippen LogP contribution in [0.15, 0.2) is 24.3 Å². The second kappa shape index (κ2) is 5.08. The number of halogens is 1. The number of carboxylic acid groups (broad SMARTS) is 1. The SMILES string of the molecule is Cc1cc(C)c(C)c(-c2ccc(C(=O)O)cc2F)c1C. The van der Waals surface area contributed by atoms with Crippen LogP contribution in [0.2, 0.25) is 0 Å². The minimum Gasteiger partial charge on any atom is -0.478 e. The number of aryl methyl sites for hydroxylation is 2. The lowest BCUT2D eigenvalue weighted by molar-refractivity contribution is 0.0696. The average molecular weight is 272 g/mol. The quantitative estimate of drug-likeness (QED) is 0.878. The van der Waals surface area contributed by atoms with Crippen molar-refractivity contribution in [3.8, 4) is 11.1 Å². The van der Waals surface area contributed by atoms with Crippen LogP contribution in [-0.4, -0.2) is 11.1 Å². The Balaban J connectivity index is 2.72. The minimum absolute atomic E-state index is 0.0362. The monoisotopic (exact) mass is 272 g/mol. The zero-order valence-electron chi connectivity index (χ0n) is 12.0. The van der Waals surface area contributed by atoms with Crippen molar-refractivity contribution in [3.63, 3.8) is 0 Å². The molecule has 0 spiro atoms. The summed E-state index contributed by atoms with van der Waals surface area (Å²) in [5.74, 6) is -1.62. The summed E-state index contributed by atoms with van der Waals surface area (Å²) in [5, 5.41) is 8.90. The molecule has 0 heterocycles. The van der Waals surface area contributed by atoms with Gasteiger partial charge in [-0.15, -0.1) is 0 Å². The van der Waals surface area contributed by atoms with Crippen LogP contribution in [0.25, 0.3) is 11.1 Å². The van der Waals surface area contributed by atoms with Gasteiger partial charge in [0.15, 0.2) is 0 Å². The molecule has 0 aromatic heterocycles. The maximum Gasteiger partial charge on any atom is 0.335 e. The van der Waals surface area contributed by atoms with Gasteiger partial charge in [-0.2, -0.15) is 0 Å². The summed E-state index contributed by atoms with van der Waals surface area (Å²) in [6.45, 7) is 7.91. The summed E-state index contributed by atoms with van der Waals surface area (Å²) in [6.07, 6.45) is 0. The molecule has 0 unspecified atom stereocenters. The van der Waals surface area contributed by atoms with Crippen LogP contribution >= 0.6 is 0 Å². The van der Waals surface area contributed by atoms with E-state index in [4.69, 9.17) is 5.11 Å². The molecule has 2 aromatic rings. The highest BCUT2D eigenvalue weighted by Gasteiger charge is 2.15. The number of benzene rings is 2. The van der Waals surface area contributed by atoms with E-state index < -0.39 is 11.8 Å². The molecule has 2 rings (SSSR count). The summed E-state index contributed by atoms with van der Waals surface area (Å²) >= 11 is 0.